The molecule has 2 amide bonds. The number of amides is 2. The SMILES string of the molecule is C=Cc1c(C)c2cc3[nH]c(cc4nc(cc5nc(cc1[nH]2)C(C)=C5CCC(=O)O)C(CCC(=O)CCCN1C(=O)C=CC1=O)=C4C)c(C)c3C=C. The first-order valence-corrected chi connectivity index (χ1v) is 17.1. The van der Waals surface area contributed by atoms with Gasteiger partial charge in [-0.1, -0.05) is 25.3 Å². The average molecular weight is 684 g/mol. The zero-order valence-corrected chi connectivity index (χ0v) is 29.4. The maximum absolute atomic E-state index is 13.1. The van der Waals surface area contributed by atoms with E-state index in [1.165, 1.54) is 12.2 Å². The van der Waals surface area contributed by atoms with Gasteiger partial charge in [-0.15, -0.1) is 0 Å². The number of rotatable bonds is 12. The van der Waals surface area contributed by atoms with Crippen LogP contribution in [0, 0.1) is 13.8 Å². The van der Waals surface area contributed by atoms with E-state index in [1.807, 2.05) is 58.0 Å². The van der Waals surface area contributed by atoms with Crippen LogP contribution in [0.15, 0.2) is 49.6 Å². The van der Waals surface area contributed by atoms with Gasteiger partial charge in [0, 0.05) is 71.2 Å². The largest absolute Gasteiger partial charge is 0.481 e. The fraction of sp³-hybridized carbons (Fsp3) is 0.268. The highest BCUT2D eigenvalue weighted by Gasteiger charge is 2.25. The molecule has 3 N–H and O–H groups in total. The molecule has 0 unspecified atom stereocenters. The Morgan fingerprint density at radius 3 is 1.73 bits per heavy atom. The molecule has 3 aliphatic heterocycles. The van der Waals surface area contributed by atoms with Crippen LogP contribution in [0.4, 0.5) is 0 Å². The first kappa shape index (κ1) is 34.9. The van der Waals surface area contributed by atoms with E-state index in [1.54, 1.807) is 0 Å². The minimum atomic E-state index is -0.896. The van der Waals surface area contributed by atoms with Gasteiger partial charge in [-0.2, -0.15) is 0 Å². The summed E-state index contributed by atoms with van der Waals surface area (Å²) in [5.74, 6) is -1.58. The highest BCUT2D eigenvalue weighted by atomic mass is 16.4. The maximum atomic E-state index is 13.1. The summed E-state index contributed by atoms with van der Waals surface area (Å²) in [5.41, 5.74) is 13.8. The number of aromatic amines is 2. The second-order valence-corrected chi connectivity index (χ2v) is 13.1. The van der Waals surface area contributed by atoms with E-state index >= 15 is 0 Å². The van der Waals surface area contributed by atoms with Gasteiger partial charge in [0.1, 0.15) is 5.78 Å². The normalized spacial score (nSPS) is 14.2. The van der Waals surface area contributed by atoms with Crippen molar-refractivity contribution >= 4 is 80.1 Å². The number of Topliss-reactive ketones (excluding diaryl/α,β-unsaturated/α-hetero) is 1. The molecule has 10 nitrogen and oxygen atoms in total. The van der Waals surface area contributed by atoms with E-state index in [0.29, 0.717) is 36.3 Å². The molecule has 6 rings (SSSR count). The molecule has 0 atom stereocenters. The molecule has 0 fully saturated rings. The minimum absolute atomic E-state index is 0.0216. The molecule has 51 heavy (non-hydrogen) atoms. The number of carboxylic acid groups (broad SMARTS) is 1. The predicted molar refractivity (Wildman–Crippen MR) is 202 cm³/mol. The van der Waals surface area contributed by atoms with Gasteiger partial charge in [0.2, 0.25) is 0 Å². The highest BCUT2D eigenvalue weighted by Crippen LogP contribution is 2.38. The van der Waals surface area contributed by atoms with Gasteiger partial charge in [0.25, 0.3) is 11.8 Å². The number of carboxylic acids is 1. The number of nitrogens with zero attached hydrogens (tertiary/aromatic N) is 3. The lowest BCUT2D eigenvalue weighted by Crippen LogP contribution is -2.31. The van der Waals surface area contributed by atoms with Crippen molar-refractivity contribution in [1.29, 1.82) is 0 Å². The fourth-order valence-electron chi connectivity index (χ4n) is 7.01. The Labute approximate surface area is 296 Å². The Balaban J connectivity index is 1.48. The zero-order valence-electron chi connectivity index (χ0n) is 29.4. The van der Waals surface area contributed by atoms with Gasteiger partial charge in [-0.05, 0) is 105 Å². The van der Waals surface area contributed by atoms with Gasteiger partial charge < -0.3 is 15.1 Å². The summed E-state index contributed by atoms with van der Waals surface area (Å²) in [5, 5.41) is 9.58. The number of hydrogen-bond donors (Lipinski definition) is 3. The van der Waals surface area contributed by atoms with Crippen LogP contribution in [-0.2, 0) is 19.2 Å². The average Bonchev–Trinajstić information content (AvgIpc) is 3.83. The lowest BCUT2D eigenvalue weighted by atomic mass is 9.97. The molecule has 260 valence electrons. The summed E-state index contributed by atoms with van der Waals surface area (Å²) >= 11 is 0. The maximum Gasteiger partial charge on any atom is 0.303 e. The third-order valence-corrected chi connectivity index (χ3v) is 10.0. The molecule has 0 aliphatic carbocycles. The molecule has 3 aliphatic rings. The number of nitrogens with one attached hydrogen (secondary N) is 2. The van der Waals surface area contributed by atoms with Crippen LogP contribution in [0.1, 0.15) is 97.4 Å². The Bertz CT molecular complexity index is 2290. The van der Waals surface area contributed by atoms with Crippen LogP contribution in [0.25, 0.3) is 56.5 Å². The summed E-state index contributed by atoms with van der Waals surface area (Å²) in [6.07, 6.45) is 7.71. The van der Waals surface area contributed by atoms with Gasteiger partial charge in [0.15, 0.2) is 0 Å². The van der Waals surface area contributed by atoms with Crippen molar-refractivity contribution in [1.82, 2.24) is 24.8 Å². The van der Waals surface area contributed by atoms with Crippen LogP contribution in [0.2, 0.25) is 0 Å². The summed E-state index contributed by atoms with van der Waals surface area (Å²) in [6.45, 7) is 16.4. The Morgan fingerprint density at radius 1 is 0.706 bits per heavy atom. The number of hydrogen-bond acceptors (Lipinski definition) is 6. The number of aromatic nitrogens is 4. The topological polar surface area (TPSA) is 149 Å². The van der Waals surface area contributed by atoms with Crippen LogP contribution >= 0.6 is 0 Å². The number of aliphatic carboxylic acids is 1. The van der Waals surface area contributed by atoms with Gasteiger partial charge >= 0.3 is 5.97 Å². The number of imide groups is 1. The van der Waals surface area contributed by atoms with Crippen molar-refractivity contribution in [2.24, 2.45) is 0 Å². The van der Waals surface area contributed by atoms with Crippen molar-refractivity contribution in [3.63, 3.8) is 0 Å². The standard InChI is InChI=1S/C41H41N5O5/c1-7-27-22(3)31-18-32-24(5)29(12-11-26(47)10-9-17-46-39(48)14-15-40(46)49)37(44-32)21-38-30(13-16-41(50)51)25(6)34(45-38)20-36-28(8-2)23(4)33(43-36)19-35(27)42-31/h7-8,14-15,18-21,42-43H,1-2,9-13,16-17H2,3-6H3,(H,50,51). The Morgan fingerprint density at radius 2 is 1.20 bits per heavy atom. The summed E-state index contributed by atoms with van der Waals surface area (Å²) in [7, 11) is 0. The molecule has 0 saturated heterocycles. The second-order valence-electron chi connectivity index (χ2n) is 13.1. The lowest BCUT2D eigenvalue weighted by molar-refractivity contribution is -0.138. The van der Waals surface area contributed by atoms with Crippen molar-refractivity contribution in [3.8, 4) is 0 Å². The molecule has 0 aromatic carbocycles. The number of carbonyl (C=O) groups is 4. The molecule has 6 heterocycles. The lowest BCUT2D eigenvalue weighted by Gasteiger charge is -2.13. The second kappa shape index (κ2) is 14.1. The summed E-state index contributed by atoms with van der Waals surface area (Å²) < 4.78 is 0. The molecule has 10 heteroatoms. The van der Waals surface area contributed by atoms with E-state index in [2.05, 4.69) is 29.2 Å². The van der Waals surface area contributed by atoms with E-state index in [-0.39, 0.29) is 43.4 Å². The molecular weight excluding hydrogens is 642 g/mol. The first-order valence-electron chi connectivity index (χ1n) is 17.1. The van der Waals surface area contributed by atoms with Crippen LogP contribution in [0.3, 0.4) is 0 Å². The Hall–Kier alpha value is -5.90. The summed E-state index contributed by atoms with van der Waals surface area (Å²) in [6, 6.07) is 7.96. The zero-order chi connectivity index (χ0) is 36.6. The fourth-order valence-corrected chi connectivity index (χ4v) is 7.01. The third-order valence-electron chi connectivity index (χ3n) is 10.0. The number of aryl methyl sites for hydroxylation is 2. The molecule has 0 spiro atoms. The quantitative estimate of drug-likeness (QED) is 0.164. The number of ketones is 1. The number of fused-ring (bicyclic) bond motifs is 8. The molecular formula is C41H41N5O5. The molecule has 3 aromatic heterocycles. The first-order chi connectivity index (χ1) is 24.4. The number of allylic oxidation sites excluding steroid dienone is 4. The van der Waals surface area contributed by atoms with Crippen LogP contribution < -0.4 is 0 Å². The van der Waals surface area contributed by atoms with Crippen molar-refractivity contribution in [3.05, 3.63) is 94.6 Å². The van der Waals surface area contributed by atoms with Gasteiger partial charge in [-0.25, -0.2) is 9.97 Å². The Kier molecular flexibility index (Phi) is 9.69. The number of carbonyl (C=O) groups excluding carboxylic acids is 3. The smallest absolute Gasteiger partial charge is 0.303 e. The molecule has 0 radical (unpaired) electrons. The van der Waals surface area contributed by atoms with E-state index in [4.69, 9.17) is 9.97 Å². The van der Waals surface area contributed by atoms with Crippen molar-refractivity contribution in [2.75, 3.05) is 6.54 Å². The molecule has 0 saturated carbocycles. The minimum Gasteiger partial charge on any atom is -0.481 e. The molecule has 3 aromatic rings. The summed E-state index contributed by atoms with van der Waals surface area (Å²) in [4.78, 5) is 67.0. The number of H-pyrrole nitrogens is 2. The van der Waals surface area contributed by atoms with Gasteiger partial charge in [-0.3, -0.25) is 24.1 Å². The predicted octanol–water partition coefficient (Wildman–Crippen LogP) is 8.00. The van der Waals surface area contributed by atoms with E-state index in [9.17, 15) is 24.3 Å². The van der Waals surface area contributed by atoms with Crippen LogP contribution in [-0.4, -0.2) is 60.1 Å². The van der Waals surface area contributed by atoms with Gasteiger partial charge in [0.05, 0.1) is 22.8 Å². The van der Waals surface area contributed by atoms with E-state index in [0.717, 1.165) is 77.2 Å². The van der Waals surface area contributed by atoms with Crippen molar-refractivity contribution < 1.29 is 24.3 Å². The highest BCUT2D eigenvalue weighted by molar-refractivity contribution is 6.12. The third kappa shape index (κ3) is 6.81. The molecule has 8 bridgehead atoms. The van der Waals surface area contributed by atoms with E-state index < -0.39 is 5.97 Å². The van der Waals surface area contributed by atoms with Crippen LogP contribution in [0.5, 0.6) is 0 Å². The van der Waals surface area contributed by atoms with Crippen molar-refractivity contribution in [2.45, 2.75) is 66.2 Å². The monoisotopic (exact) mass is 683 g/mol.